The van der Waals surface area contributed by atoms with Crippen LogP contribution >= 0.6 is 11.8 Å². The fourth-order valence-corrected chi connectivity index (χ4v) is 2.55. The van der Waals surface area contributed by atoms with Gasteiger partial charge in [-0.2, -0.15) is 0 Å². The fourth-order valence-electron chi connectivity index (χ4n) is 1.33. The second-order valence-electron chi connectivity index (χ2n) is 4.96. The number of amidine groups is 1. The molecule has 0 aromatic rings. The van der Waals surface area contributed by atoms with E-state index in [2.05, 4.69) is 38.0 Å². The van der Waals surface area contributed by atoms with Gasteiger partial charge >= 0.3 is 0 Å². The zero-order valence-corrected chi connectivity index (χ0v) is 10.5. The second-order valence-corrected chi connectivity index (χ2v) is 5.92. The summed E-state index contributed by atoms with van der Waals surface area (Å²) < 4.78 is 5.14. The molecule has 1 aliphatic rings. The second kappa shape index (κ2) is 4.11. The number of methoxy groups -OCH3 is 1. The van der Waals surface area contributed by atoms with Crippen LogP contribution in [0.25, 0.3) is 0 Å². The molecule has 0 atom stereocenters. The van der Waals surface area contributed by atoms with Gasteiger partial charge in [-0.3, -0.25) is 4.99 Å². The lowest BCUT2D eigenvalue weighted by molar-refractivity contribution is 0.140. The standard InChI is InChI=1S/C10H20N2OS/c1-9(2,6-13-5)11-8-12-10(3,4)7-14-8/h6-7H2,1-5H3,(H,11,12). The predicted octanol–water partition coefficient (Wildman–Crippen LogP) is 1.88. The van der Waals surface area contributed by atoms with Gasteiger partial charge in [-0.15, -0.1) is 0 Å². The monoisotopic (exact) mass is 216 g/mol. The maximum Gasteiger partial charge on any atom is 0.157 e. The summed E-state index contributed by atoms with van der Waals surface area (Å²) in [6, 6.07) is 0. The number of rotatable bonds is 3. The molecule has 14 heavy (non-hydrogen) atoms. The van der Waals surface area contributed by atoms with Crippen LogP contribution in [0.3, 0.4) is 0 Å². The van der Waals surface area contributed by atoms with Gasteiger partial charge in [-0.25, -0.2) is 0 Å². The fraction of sp³-hybridized carbons (Fsp3) is 0.900. The number of hydrogen-bond donors (Lipinski definition) is 1. The molecule has 3 nitrogen and oxygen atoms in total. The van der Waals surface area contributed by atoms with E-state index in [-0.39, 0.29) is 11.1 Å². The van der Waals surface area contributed by atoms with Gasteiger partial charge in [0.25, 0.3) is 0 Å². The molecule has 0 unspecified atom stereocenters. The number of nitrogens with zero attached hydrogens (tertiary/aromatic N) is 1. The third kappa shape index (κ3) is 3.50. The van der Waals surface area contributed by atoms with E-state index in [4.69, 9.17) is 4.74 Å². The lowest BCUT2D eigenvalue weighted by Gasteiger charge is -2.25. The molecular weight excluding hydrogens is 196 g/mol. The molecular formula is C10H20N2OS. The lowest BCUT2D eigenvalue weighted by Crippen LogP contribution is -2.45. The molecule has 0 aliphatic carbocycles. The molecule has 0 fully saturated rings. The smallest absolute Gasteiger partial charge is 0.157 e. The van der Waals surface area contributed by atoms with Crippen molar-refractivity contribution in [2.45, 2.75) is 38.8 Å². The summed E-state index contributed by atoms with van der Waals surface area (Å²) in [6.45, 7) is 9.22. The van der Waals surface area contributed by atoms with Crippen LogP contribution in [0.5, 0.6) is 0 Å². The van der Waals surface area contributed by atoms with Crippen molar-refractivity contribution in [3.8, 4) is 0 Å². The highest BCUT2D eigenvalue weighted by Gasteiger charge is 2.28. The third-order valence-corrected chi connectivity index (χ3v) is 3.23. The minimum atomic E-state index is -0.0407. The first-order valence-electron chi connectivity index (χ1n) is 4.84. The highest BCUT2D eigenvalue weighted by atomic mass is 32.2. The molecule has 0 bridgehead atoms. The summed E-state index contributed by atoms with van der Waals surface area (Å²) in [5.41, 5.74) is 0.0388. The van der Waals surface area contributed by atoms with Gasteiger partial charge in [0.2, 0.25) is 0 Å². The number of hydrogen-bond acceptors (Lipinski definition) is 4. The van der Waals surface area contributed by atoms with Crippen LogP contribution in [-0.4, -0.2) is 35.7 Å². The molecule has 0 saturated heterocycles. The Morgan fingerprint density at radius 3 is 2.64 bits per heavy atom. The first kappa shape index (κ1) is 11.9. The van der Waals surface area contributed by atoms with Crippen molar-refractivity contribution in [2.24, 2.45) is 4.99 Å². The molecule has 1 rings (SSSR count). The normalized spacial score (nSPS) is 20.8. The van der Waals surface area contributed by atoms with Crippen LogP contribution in [0.4, 0.5) is 0 Å². The Bertz CT molecular complexity index is 236. The molecule has 1 aliphatic heterocycles. The van der Waals surface area contributed by atoms with Crippen molar-refractivity contribution in [1.29, 1.82) is 0 Å². The molecule has 0 spiro atoms. The number of nitrogens with one attached hydrogen (secondary N) is 1. The minimum absolute atomic E-state index is 0.0407. The van der Waals surface area contributed by atoms with E-state index in [0.29, 0.717) is 6.61 Å². The van der Waals surface area contributed by atoms with Gasteiger partial charge in [0.15, 0.2) is 5.17 Å². The minimum Gasteiger partial charge on any atom is -0.382 e. The first-order valence-corrected chi connectivity index (χ1v) is 5.83. The van der Waals surface area contributed by atoms with E-state index in [0.717, 1.165) is 10.9 Å². The lowest BCUT2D eigenvalue weighted by atomic mass is 10.1. The van der Waals surface area contributed by atoms with Crippen molar-refractivity contribution >= 4 is 16.9 Å². The van der Waals surface area contributed by atoms with E-state index in [9.17, 15) is 0 Å². The summed E-state index contributed by atoms with van der Waals surface area (Å²) in [5, 5.41) is 4.44. The maximum atomic E-state index is 5.14. The Balaban J connectivity index is 2.53. The van der Waals surface area contributed by atoms with Crippen molar-refractivity contribution in [3.63, 3.8) is 0 Å². The van der Waals surface area contributed by atoms with E-state index >= 15 is 0 Å². The van der Waals surface area contributed by atoms with E-state index in [1.54, 1.807) is 18.9 Å². The Morgan fingerprint density at radius 2 is 2.21 bits per heavy atom. The molecule has 0 aromatic carbocycles. The molecule has 4 heteroatoms. The molecule has 0 saturated carbocycles. The van der Waals surface area contributed by atoms with Gasteiger partial charge in [0, 0.05) is 12.9 Å². The zero-order valence-electron chi connectivity index (χ0n) is 9.68. The van der Waals surface area contributed by atoms with Crippen LogP contribution in [0.2, 0.25) is 0 Å². The molecule has 82 valence electrons. The summed E-state index contributed by atoms with van der Waals surface area (Å²) in [6.07, 6.45) is 0. The van der Waals surface area contributed by atoms with Crippen molar-refractivity contribution in [1.82, 2.24) is 5.32 Å². The number of aliphatic imine (C=N–C) groups is 1. The van der Waals surface area contributed by atoms with Gasteiger partial charge < -0.3 is 10.1 Å². The van der Waals surface area contributed by atoms with Crippen LogP contribution in [0, 0.1) is 0 Å². The molecule has 1 heterocycles. The highest BCUT2D eigenvalue weighted by Crippen LogP contribution is 2.26. The van der Waals surface area contributed by atoms with Crippen molar-refractivity contribution in [2.75, 3.05) is 19.5 Å². The van der Waals surface area contributed by atoms with Crippen LogP contribution in [-0.2, 0) is 4.74 Å². The summed E-state index contributed by atoms with van der Waals surface area (Å²) in [7, 11) is 1.72. The average molecular weight is 216 g/mol. The SMILES string of the molecule is COCC(C)(C)NC1=NC(C)(C)CS1. The Kier molecular flexibility index (Phi) is 3.48. The average Bonchev–Trinajstić information content (AvgIpc) is 2.28. The van der Waals surface area contributed by atoms with Crippen LogP contribution in [0.1, 0.15) is 27.7 Å². The largest absolute Gasteiger partial charge is 0.382 e. The quantitative estimate of drug-likeness (QED) is 0.782. The van der Waals surface area contributed by atoms with Crippen molar-refractivity contribution < 1.29 is 4.74 Å². The first-order chi connectivity index (χ1) is 6.35. The zero-order chi connectivity index (χ0) is 10.8. The Hall–Kier alpha value is -0.220. The molecule has 0 amide bonds. The summed E-state index contributed by atoms with van der Waals surface area (Å²) in [5.74, 6) is 1.05. The molecule has 1 N–H and O–H groups in total. The Labute approximate surface area is 90.7 Å². The summed E-state index contributed by atoms with van der Waals surface area (Å²) >= 11 is 1.79. The maximum absolute atomic E-state index is 5.14. The van der Waals surface area contributed by atoms with Crippen LogP contribution < -0.4 is 5.32 Å². The van der Waals surface area contributed by atoms with E-state index in [1.807, 2.05) is 0 Å². The molecule has 0 aromatic heterocycles. The van der Waals surface area contributed by atoms with Gasteiger partial charge in [0.1, 0.15) is 0 Å². The van der Waals surface area contributed by atoms with E-state index in [1.165, 1.54) is 0 Å². The predicted molar refractivity (Wildman–Crippen MR) is 63.1 cm³/mol. The third-order valence-electron chi connectivity index (χ3n) is 1.92. The number of ether oxygens (including phenoxy) is 1. The molecule has 0 radical (unpaired) electrons. The van der Waals surface area contributed by atoms with Crippen molar-refractivity contribution in [3.05, 3.63) is 0 Å². The highest BCUT2D eigenvalue weighted by molar-refractivity contribution is 8.14. The van der Waals surface area contributed by atoms with Gasteiger partial charge in [-0.1, -0.05) is 11.8 Å². The summed E-state index contributed by atoms with van der Waals surface area (Å²) in [4.78, 5) is 4.60. The van der Waals surface area contributed by atoms with Gasteiger partial charge in [0.05, 0.1) is 17.7 Å². The Morgan fingerprint density at radius 1 is 1.57 bits per heavy atom. The van der Waals surface area contributed by atoms with Gasteiger partial charge in [-0.05, 0) is 27.7 Å². The number of thioether (sulfide) groups is 1. The van der Waals surface area contributed by atoms with E-state index < -0.39 is 0 Å². The topological polar surface area (TPSA) is 33.6 Å². The van der Waals surface area contributed by atoms with Crippen LogP contribution in [0.15, 0.2) is 4.99 Å².